The van der Waals surface area contributed by atoms with Crippen molar-refractivity contribution in [2.24, 2.45) is 0 Å². The highest BCUT2D eigenvalue weighted by Gasteiger charge is 2.14. The van der Waals surface area contributed by atoms with Gasteiger partial charge in [-0.15, -0.1) is 0 Å². The van der Waals surface area contributed by atoms with Crippen LogP contribution in [0.3, 0.4) is 0 Å². The summed E-state index contributed by atoms with van der Waals surface area (Å²) in [4.78, 5) is 12.5. The zero-order valence-electron chi connectivity index (χ0n) is 16.4. The first-order valence-corrected chi connectivity index (χ1v) is 9.46. The third-order valence-corrected chi connectivity index (χ3v) is 4.72. The van der Waals surface area contributed by atoms with Crippen LogP contribution in [-0.4, -0.2) is 22.8 Å². The van der Waals surface area contributed by atoms with E-state index in [4.69, 9.17) is 9.84 Å². The van der Waals surface area contributed by atoms with Gasteiger partial charge in [-0.2, -0.15) is 5.10 Å². The fourth-order valence-corrected chi connectivity index (χ4v) is 3.12. The van der Waals surface area contributed by atoms with Crippen molar-refractivity contribution >= 4 is 5.91 Å². The zero-order chi connectivity index (χ0) is 20.9. The lowest BCUT2D eigenvalue weighted by Gasteiger charge is -2.06. The van der Waals surface area contributed by atoms with Crippen LogP contribution in [0.1, 0.15) is 15.9 Å². The van der Waals surface area contributed by atoms with Crippen molar-refractivity contribution in [3.63, 3.8) is 0 Å². The van der Waals surface area contributed by atoms with E-state index in [1.807, 2.05) is 60.8 Å². The normalized spacial score (nSPS) is 10.6. The van der Waals surface area contributed by atoms with Crippen LogP contribution in [0.15, 0.2) is 85.1 Å². The third kappa shape index (κ3) is 4.22. The van der Waals surface area contributed by atoms with Crippen LogP contribution in [0.2, 0.25) is 0 Å². The van der Waals surface area contributed by atoms with Crippen molar-refractivity contribution in [3.05, 3.63) is 102 Å². The maximum absolute atomic E-state index is 13.1. The molecule has 0 bridgehead atoms. The molecule has 30 heavy (non-hydrogen) atoms. The number of rotatable bonds is 6. The molecule has 0 atom stereocenters. The van der Waals surface area contributed by atoms with Crippen molar-refractivity contribution in [3.8, 4) is 22.7 Å². The van der Waals surface area contributed by atoms with Gasteiger partial charge in [0.15, 0.2) is 0 Å². The topological polar surface area (TPSA) is 56.1 Å². The Morgan fingerprint density at radius 2 is 1.70 bits per heavy atom. The molecule has 0 saturated carbocycles. The number of hydrogen-bond donors (Lipinski definition) is 1. The van der Waals surface area contributed by atoms with Crippen molar-refractivity contribution in [1.82, 2.24) is 15.1 Å². The van der Waals surface area contributed by atoms with E-state index < -0.39 is 0 Å². The first-order valence-electron chi connectivity index (χ1n) is 9.46. The first kappa shape index (κ1) is 19.4. The van der Waals surface area contributed by atoms with E-state index in [2.05, 4.69) is 5.32 Å². The quantitative estimate of drug-likeness (QED) is 0.513. The second kappa shape index (κ2) is 8.61. The number of ether oxygens (including phenoxy) is 1. The van der Waals surface area contributed by atoms with Crippen LogP contribution in [0.5, 0.6) is 5.75 Å². The van der Waals surface area contributed by atoms with E-state index in [9.17, 15) is 9.18 Å². The summed E-state index contributed by atoms with van der Waals surface area (Å²) < 4.78 is 20.1. The number of amides is 1. The smallest absolute Gasteiger partial charge is 0.251 e. The van der Waals surface area contributed by atoms with Gasteiger partial charge in [0.1, 0.15) is 11.6 Å². The van der Waals surface area contributed by atoms with Crippen LogP contribution in [0, 0.1) is 5.82 Å². The summed E-state index contributed by atoms with van der Waals surface area (Å²) in [5.41, 5.74) is 3.86. The van der Waals surface area contributed by atoms with Gasteiger partial charge in [0.05, 0.1) is 18.5 Å². The highest BCUT2D eigenvalue weighted by Crippen LogP contribution is 2.26. The number of nitrogens with zero attached hydrogens (tertiary/aromatic N) is 2. The van der Waals surface area contributed by atoms with E-state index in [0.717, 1.165) is 28.3 Å². The van der Waals surface area contributed by atoms with Crippen molar-refractivity contribution in [2.75, 3.05) is 7.11 Å². The summed E-state index contributed by atoms with van der Waals surface area (Å²) >= 11 is 0. The molecule has 1 heterocycles. The molecule has 0 aliphatic carbocycles. The lowest BCUT2D eigenvalue weighted by atomic mass is 10.1. The molecule has 4 rings (SSSR count). The number of carbonyl (C=O) groups is 1. The summed E-state index contributed by atoms with van der Waals surface area (Å²) in [5.74, 6) is 0.105. The van der Waals surface area contributed by atoms with Gasteiger partial charge in [-0.1, -0.05) is 18.2 Å². The third-order valence-electron chi connectivity index (χ3n) is 4.72. The molecule has 5 nitrogen and oxygen atoms in total. The number of para-hydroxylation sites is 1. The predicted octanol–water partition coefficient (Wildman–Crippen LogP) is 4.62. The molecule has 0 fully saturated rings. The van der Waals surface area contributed by atoms with Gasteiger partial charge >= 0.3 is 0 Å². The van der Waals surface area contributed by atoms with Crippen molar-refractivity contribution < 1.29 is 13.9 Å². The lowest BCUT2D eigenvalue weighted by molar-refractivity contribution is 0.0951. The van der Waals surface area contributed by atoms with Crippen LogP contribution in [0.25, 0.3) is 16.9 Å². The fraction of sp³-hybridized carbons (Fsp3) is 0.0833. The van der Waals surface area contributed by atoms with E-state index in [0.29, 0.717) is 5.56 Å². The molecule has 0 unspecified atom stereocenters. The van der Waals surface area contributed by atoms with E-state index >= 15 is 0 Å². The van der Waals surface area contributed by atoms with Gasteiger partial charge in [-0.3, -0.25) is 4.79 Å². The highest BCUT2D eigenvalue weighted by atomic mass is 19.1. The van der Waals surface area contributed by atoms with Crippen LogP contribution < -0.4 is 10.1 Å². The molecule has 0 aliphatic rings. The fourth-order valence-electron chi connectivity index (χ4n) is 3.12. The van der Waals surface area contributed by atoms with E-state index in [1.165, 1.54) is 24.3 Å². The molecule has 6 heteroatoms. The largest absolute Gasteiger partial charge is 0.497 e. The Balaban J connectivity index is 1.63. The second-order valence-corrected chi connectivity index (χ2v) is 6.70. The van der Waals surface area contributed by atoms with E-state index in [-0.39, 0.29) is 18.3 Å². The molecule has 0 spiro atoms. The summed E-state index contributed by atoms with van der Waals surface area (Å²) in [5, 5.41) is 7.64. The van der Waals surface area contributed by atoms with Gasteiger partial charge in [0.2, 0.25) is 0 Å². The number of halogens is 1. The molecule has 4 aromatic rings. The van der Waals surface area contributed by atoms with Gasteiger partial charge in [0.25, 0.3) is 5.91 Å². The number of benzene rings is 3. The summed E-state index contributed by atoms with van der Waals surface area (Å²) in [6, 6.07) is 22.8. The van der Waals surface area contributed by atoms with E-state index in [1.54, 1.807) is 11.8 Å². The number of methoxy groups -OCH3 is 1. The summed E-state index contributed by atoms with van der Waals surface area (Å²) in [7, 11) is 1.62. The summed E-state index contributed by atoms with van der Waals surface area (Å²) in [6.45, 7) is 0.282. The Hall–Kier alpha value is -3.93. The maximum Gasteiger partial charge on any atom is 0.251 e. The molecule has 0 saturated heterocycles. The number of carbonyl (C=O) groups excluding carboxylic acids is 1. The molecule has 0 aliphatic heterocycles. The number of hydrogen-bond acceptors (Lipinski definition) is 3. The molecule has 1 amide bonds. The van der Waals surface area contributed by atoms with Crippen molar-refractivity contribution in [1.29, 1.82) is 0 Å². The van der Waals surface area contributed by atoms with Gasteiger partial charge in [-0.05, 0) is 60.7 Å². The standard InChI is InChI=1S/C24H20FN3O2/c1-30-22-13-9-17(10-14-22)23-19(16-28(27-23)21-5-3-2-4-6-21)15-26-24(29)18-7-11-20(25)12-8-18/h2-14,16H,15H2,1H3,(H,26,29). The first-order chi connectivity index (χ1) is 14.6. The minimum atomic E-state index is -0.377. The maximum atomic E-state index is 13.1. The Morgan fingerprint density at radius 3 is 2.37 bits per heavy atom. The lowest BCUT2D eigenvalue weighted by Crippen LogP contribution is -2.22. The van der Waals surface area contributed by atoms with Gasteiger partial charge < -0.3 is 10.1 Å². The molecule has 1 N–H and O–H groups in total. The number of aromatic nitrogens is 2. The molecule has 150 valence electrons. The molecular formula is C24H20FN3O2. The highest BCUT2D eigenvalue weighted by molar-refractivity contribution is 5.94. The Bertz CT molecular complexity index is 1140. The second-order valence-electron chi connectivity index (χ2n) is 6.70. The molecular weight excluding hydrogens is 381 g/mol. The monoisotopic (exact) mass is 401 g/mol. The average molecular weight is 401 g/mol. The van der Waals surface area contributed by atoms with Crippen LogP contribution in [0.4, 0.5) is 4.39 Å². The molecule has 3 aromatic carbocycles. The minimum absolute atomic E-state index is 0.275. The molecule has 1 aromatic heterocycles. The summed E-state index contributed by atoms with van der Waals surface area (Å²) in [6.07, 6.45) is 1.90. The minimum Gasteiger partial charge on any atom is -0.497 e. The van der Waals surface area contributed by atoms with Gasteiger partial charge in [0, 0.05) is 29.4 Å². The zero-order valence-corrected chi connectivity index (χ0v) is 16.4. The van der Waals surface area contributed by atoms with Gasteiger partial charge in [-0.25, -0.2) is 9.07 Å². The number of nitrogens with one attached hydrogen (secondary N) is 1. The van der Waals surface area contributed by atoms with Crippen LogP contribution in [-0.2, 0) is 6.54 Å². The van der Waals surface area contributed by atoms with Crippen molar-refractivity contribution in [2.45, 2.75) is 6.54 Å². The Labute approximate surface area is 173 Å². The Morgan fingerprint density at radius 1 is 1.00 bits per heavy atom. The SMILES string of the molecule is COc1ccc(-c2nn(-c3ccccc3)cc2CNC(=O)c2ccc(F)cc2)cc1. The van der Waals surface area contributed by atoms with Crippen LogP contribution >= 0.6 is 0 Å². The molecule has 0 radical (unpaired) electrons. The predicted molar refractivity (Wildman–Crippen MR) is 113 cm³/mol. The Kier molecular flexibility index (Phi) is 5.57. The average Bonchev–Trinajstić information content (AvgIpc) is 3.23.